The van der Waals surface area contributed by atoms with Gasteiger partial charge in [0.05, 0.1) is 11.1 Å². The normalized spacial score (nSPS) is 12.3. The van der Waals surface area contributed by atoms with E-state index in [9.17, 15) is 26.3 Å². The summed E-state index contributed by atoms with van der Waals surface area (Å²) in [5.41, 5.74) is 2.60. The molecular formula is C50H44F6O2. The summed E-state index contributed by atoms with van der Waals surface area (Å²) in [6.45, 7) is 3.85. The van der Waals surface area contributed by atoms with Gasteiger partial charge in [0.15, 0.2) is 0 Å². The maximum atomic E-state index is 12.7. The number of aryl methyl sites for hydroxylation is 2. The largest absolute Gasteiger partial charge is 0.457 e. The number of halogens is 6. The third-order valence-corrected chi connectivity index (χ3v) is 9.49. The highest BCUT2D eigenvalue weighted by Crippen LogP contribution is 2.33. The first-order valence-electron chi connectivity index (χ1n) is 19.0. The SMILES string of the molecule is C#CC(CCCc1cccc(Oc2ccccc2)c1)c1ccc(C(F)(F)F)cc1.C=CC(CCCc1cccc(Oc2ccccc2)c1)c1ccc(C(F)(F)F)cc1. The summed E-state index contributed by atoms with van der Waals surface area (Å²) in [6, 6.07) is 45.5. The molecule has 0 aliphatic heterocycles. The van der Waals surface area contributed by atoms with Crippen molar-refractivity contribution in [2.45, 2.75) is 62.7 Å². The second kappa shape index (κ2) is 20.8. The van der Waals surface area contributed by atoms with Crippen molar-refractivity contribution in [3.8, 4) is 35.3 Å². The zero-order chi connectivity index (χ0) is 41.4. The Morgan fingerprint density at radius 2 is 0.931 bits per heavy atom. The van der Waals surface area contributed by atoms with Gasteiger partial charge >= 0.3 is 12.4 Å². The van der Waals surface area contributed by atoms with Crippen molar-refractivity contribution in [3.05, 3.63) is 204 Å². The van der Waals surface area contributed by atoms with E-state index in [-0.39, 0.29) is 11.8 Å². The van der Waals surface area contributed by atoms with E-state index < -0.39 is 23.5 Å². The van der Waals surface area contributed by atoms with Gasteiger partial charge in [-0.05, 0) is 134 Å². The summed E-state index contributed by atoms with van der Waals surface area (Å²) in [4.78, 5) is 0. The van der Waals surface area contributed by atoms with Gasteiger partial charge in [-0.3, -0.25) is 0 Å². The van der Waals surface area contributed by atoms with Crippen LogP contribution in [0, 0.1) is 12.3 Å². The number of ether oxygens (including phenoxy) is 2. The van der Waals surface area contributed by atoms with E-state index in [2.05, 4.69) is 18.6 Å². The van der Waals surface area contributed by atoms with Crippen LogP contribution in [-0.2, 0) is 25.2 Å². The van der Waals surface area contributed by atoms with Gasteiger partial charge < -0.3 is 9.47 Å². The van der Waals surface area contributed by atoms with Crippen molar-refractivity contribution < 1.29 is 35.8 Å². The van der Waals surface area contributed by atoms with Crippen molar-refractivity contribution in [1.82, 2.24) is 0 Å². The van der Waals surface area contributed by atoms with Crippen LogP contribution in [0.1, 0.15) is 70.9 Å². The number of rotatable bonds is 15. The van der Waals surface area contributed by atoms with Crippen molar-refractivity contribution in [1.29, 1.82) is 0 Å². The molecule has 0 aliphatic carbocycles. The van der Waals surface area contributed by atoms with E-state index >= 15 is 0 Å². The number of para-hydroxylation sites is 2. The first-order chi connectivity index (χ1) is 27.9. The Morgan fingerprint density at radius 1 is 0.517 bits per heavy atom. The van der Waals surface area contributed by atoms with Crippen LogP contribution in [0.25, 0.3) is 0 Å². The molecule has 6 rings (SSSR count). The van der Waals surface area contributed by atoms with E-state index in [1.54, 1.807) is 18.2 Å². The predicted octanol–water partition coefficient (Wildman–Crippen LogP) is 15.0. The molecule has 0 amide bonds. The van der Waals surface area contributed by atoms with Crippen LogP contribution in [0.3, 0.4) is 0 Å². The topological polar surface area (TPSA) is 18.5 Å². The fourth-order valence-electron chi connectivity index (χ4n) is 6.41. The summed E-state index contributed by atoms with van der Waals surface area (Å²) in [7, 11) is 0. The van der Waals surface area contributed by atoms with Crippen LogP contribution in [0.2, 0.25) is 0 Å². The van der Waals surface area contributed by atoms with Gasteiger partial charge in [0.25, 0.3) is 0 Å². The van der Waals surface area contributed by atoms with Crippen LogP contribution in [0.4, 0.5) is 26.3 Å². The fourth-order valence-corrected chi connectivity index (χ4v) is 6.41. The van der Waals surface area contributed by atoms with Gasteiger partial charge in [-0.15, -0.1) is 13.0 Å². The maximum absolute atomic E-state index is 12.7. The molecule has 2 atom stereocenters. The molecule has 0 radical (unpaired) electrons. The van der Waals surface area contributed by atoms with Gasteiger partial charge in [-0.2, -0.15) is 26.3 Å². The summed E-state index contributed by atoms with van der Waals surface area (Å²) in [5, 5.41) is 0. The predicted molar refractivity (Wildman–Crippen MR) is 219 cm³/mol. The number of hydrogen-bond donors (Lipinski definition) is 0. The van der Waals surface area contributed by atoms with E-state index in [0.717, 1.165) is 102 Å². The Morgan fingerprint density at radius 3 is 1.34 bits per heavy atom. The van der Waals surface area contributed by atoms with Gasteiger partial charge in [-0.1, -0.05) is 96.9 Å². The average Bonchev–Trinajstić information content (AvgIpc) is 3.22. The van der Waals surface area contributed by atoms with Crippen molar-refractivity contribution in [2.75, 3.05) is 0 Å². The molecular weight excluding hydrogens is 747 g/mol. The number of terminal acetylenes is 1. The van der Waals surface area contributed by atoms with Gasteiger partial charge in [0, 0.05) is 11.8 Å². The van der Waals surface area contributed by atoms with Crippen molar-refractivity contribution in [3.63, 3.8) is 0 Å². The molecule has 0 spiro atoms. The van der Waals surface area contributed by atoms with Crippen LogP contribution in [0.15, 0.2) is 170 Å². The summed E-state index contributed by atoms with van der Waals surface area (Å²) in [6.07, 6.45) is 3.69. The van der Waals surface area contributed by atoms with Gasteiger partial charge in [0.2, 0.25) is 0 Å². The minimum absolute atomic E-state index is 0.0287. The minimum atomic E-state index is -4.34. The lowest BCUT2D eigenvalue weighted by atomic mass is 9.92. The number of alkyl halides is 6. The monoisotopic (exact) mass is 790 g/mol. The lowest BCUT2D eigenvalue weighted by Crippen LogP contribution is -2.05. The molecule has 0 bridgehead atoms. The molecule has 0 aromatic heterocycles. The Kier molecular flexibility index (Phi) is 15.4. The van der Waals surface area contributed by atoms with E-state index in [1.807, 2.05) is 103 Å². The zero-order valence-electron chi connectivity index (χ0n) is 31.9. The van der Waals surface area contributed by atoms with Crippen LogP contribution in [0.5, 0.6) is 23.0 Å². The van der Waals surface area contributed by atoms with E-state index in [1.165, 1.54) is 12.1 Å². The molecule has 0 aliphatic rings. The lowest BCUT2D eigenvalue weighted by Gasteiger charge is -2.15. The average molecular weight is 791 g/mol. The molecule has 0 fully saturated rings. The molecule has 8 heteroatoms. The molecule has 2 unspecified atom stereocenters. The fraction of sp³-hybridized carbons (Fsp3) is 0.200. The first-order valence-corrected chi connectivity index (χ1v) is 19.0. The van der Waals surface area contributed by atoms with Gasteiger partial charge in [0.1, 0.15) is 23.0 Å². The highest BCUT2D eigenvalue weighted by Gasteiger charge is 2.31. The van der Waals surface area contributed by atoms with E-state index in [4.69, 9.17) is 15.9 Å². The highest BCUT2D eigenvalue weighted by atomic mass is 19.4. The second-order valence-corrected chi connectivity index (χ2v) is 13.7. The van der Waals surface area contributed by atoms with Gasteiger partial charge in [-0.25, -0.2) is 0 Å². The third kappa shape index (κ3) is 13.5. The van der Waals surface area contributed by atoms with Crippen LogP contribution < -0.4 is 9.47 Å². The molecule has 6 aromatic carbocycles. The number of allylic oxidation sites excluding steroid dienone is 1. The Hall–Kier alpha value is -6.20. The summed E-state index contributed by atoms with van der Waals surface area (Å²) in [5.74, 6) is 5.65. The first kappa shape index (κ1) is 42.9. The minimum Gasteiger partial charge on any atom is -0.457 e. The molecule has 2 nitrogen and oxygen atoms in total. The standard InChI is InChI=1S/C25H23F3O.C25H21F3O/c2*1-2-20(21-14-16-22(17-15-21)25(26,27)28)10-6-8-19-9-7-13-24(18-19)29-23-11-4-3-5-12-23/h2-5,7,9,11-18,20H,1,6,8,10H2;1,3-5,7,9,11-18,20H,6,8,10H2. The molecule has 58 heavy (non-hydrogen) atoms. The molecule has 0 N–H and O–H groups in total. The smallest absolute Gasteiger partial charge is 0.416 e. The zero-order valence-corrected chi connectivity index (χ0v) is 31.9. The quantitative estimate of drug-likeness (QED) is 0.0586. The Balaban J connectivity index is 0.000000221. The van der Waals surface area contributed by atoms with Crippen LogP contribution >= 0.6 is 0 Å². The third-order valence-electron chi connectivity index (χ3n) is 9.49. The summed E-state index contributed by atoms with van der Waals surface area (Å²) < 4.78 is 88.1. The number of benzene rings is 6. The van der Waals surface area contributed by atoms with E-state index in [0.29, 0.717) is 6.42 Å². The molecule has 0 saturated heterocycles. The summed E-state index contributed by atoms with van der Waals surface area (Å²) >= 11 is 0. The highest BCUT2D eigenvalue weighted by molar-refractivity contribution is 5.36. The Bertz CT molecular complexity index is 2190. The number of hydrogen-bond acceptors (Lipinski definition) is 2. The van der Waals surface area contributed by atoms with Crippen molar-refractivity contribution in [2.24, 2.45) is 0 Å². The Labute approximate surface area is 336 Å². The second-order valence-electron chi connectivity index (χ2n) is 13.7. The molecule has 6 aromatic rings. The molecule has 0 heterocycles. The van der Waals surface area contributed by atoms with Crippen LogP contribution in [-0.4, -0.2) is 0 Å². The lowest BCUT2D eigenvalue weighted by molar-refractivity contribution is -0.138. The molecule has 298 valence electrons. The maximum Gasteiger partial charge on any atom is 0.416 e. The molecule has 0 saturated carbocycles. The van der Waals surface area contributed by atoms with Crippen molar-refractivity contribution >= 4 is 0 Å².